The van der Waals surface area contributed by atoms with Crippen LogP contribution in [0.4, 0.5) is 0 Å². The van der Waals surface area contributed by atoms with Gasteiger partial charge in [-0.25, -0.2) is 0 Å². The van der Waals surface area contributed by atoms with Crippen LogP contribution in [0.5, 0.6) is 0 Å². The van der Waals surface area contributed by atoms with E-state index in [2.05, 4.69) is 31.6 Å². The molecule has 0 aliphatic heterocycles. The van der Waals surface area contributed by atoms with Gasteiger partial charge in [-0.15, -0.1) is 6.42 Å². The van der Waals surface area contributed by atoms with Gasteiger partial charge in [0, 0.05) is 5.54 Å². The summed E-state index contributed by atoms with van der Waals surface area (Å²) in [6, 6.07) is 0. The third kappa shape index (κ3) is 8.10. The molecule has 0 aliphatic carbocycles. The van der Waals surface area contributed by atoms with Crippen molar-refractivity contribution in [2.45, 2.75) is 45.6 Å². The second-order valence-corrected chi connectivity index (χ2v) is 4.57. The van der Waals surface area contributed by atoms with E-state index in [9.17, 15) is 0 Å². The Labute approximate surface area is 88.9 Å². The highest BCUT2D eigenvalue weighted by Crippen LogP contribution is 2.07. The summed E-state index contributed by atoms with van der Waals surface area (Å²) >= 11 is 0. The average molecular weight is 196 g/mol. The molecule has 2 N–H and O–H groups in total. The van der Waals surface area contributed by atoms with Crippen molar-refractivity contribution in [1.82, 2.24) is 4.90 Å². The van der Waals surface area contributed by atoms with Crippen LogP contribution < -0.4 is 5.73 Å². The first-order chi connectivity index (χ1) is 6.49. The first-order valence-corrected chi connectivity index (χ1v) is 5.44. The predicted molar refractivity (Wildman–Crippen MR) is 63.1 cm³/mol. The van der Waals surface area contributed by atoms with Gasteiger partial charge in [0.25, 0.3) is 0 Å². The van der Waals surface area contributed by atoms with Crippen molar-refractivity contribution < 1.29 is 0 Å². The van der Waals surface area contributed by atoms with Gasteiger partial charge >= 0.3 is 0 Å². The first kappa shape index (κ1) is 13.5. The maximum atomic E-state index is 5.91. The molecule has 0 rings (SSSR count). The Morgan fingerprint density at radius 1 is 1.36 bits per heavy atom. The van der Waals surface area contributed by atoms with E-state index in [0.717, 1.165) is 38.9 Å². The minimum atomic E-state index is -0.0476. The molecule has 82 valence electrons. The molecular weight excluding hydrogens is 172 g/mol. The summed E-state index contributed by atoms with van der Waals surface area (Å²) in [5, 5.41) is 0. The van der Waals surface area contributed by atoms with Crippen LogP contribution in [-0.2, 0) is 0 Å². The maximum Gasteiger partial charge on any atom is 0.0598 e. The third-order valence-corrected chi connectivity index (χ3v) is 2.15. The molecule has 2 nitrogen and oxygen atoms in total. The van der Waals surface area contributed by atoms with Crippen molar-refractivity contribution in [2.75, 3.05) is 19.6 Å². The molecule has 0 unspecified atom stereocenters. The molecule has 0 saturated carbocycles. The van der Waals surface area contributed by atoms with Crippen LogP contribution >= 0.6 is 0 Å². The summed E-state index contributed by atoms with van der Waals surface area (Å²) in [6.45, 7) is 9.24. The van der Waals surface area contributed by atoms with Gasteiger partial charge in [0.15, 0.2) is 0 Å². The molecule has 0 amide bonds. The molecule has 0 spiro atoms. The van der Waals surface area contributed by atoms with Crippen LogP contribution in [0.1, 0.15) is 40.0 Å². The van der Waals surface area contributed by atoms with Crippen LogP contribution in [0.15, 0.2) is 0 Å². The van der Waals surface area contributed by atoms with Crippen molar-refractivity contribution in [3.8, 4) is 12.3 Å². The lowest BCUT2D eigenvalue weighted by molar-refractivity contribution is 0.288. The average Bonchev–Trinajstić information content (AvgIpc) is 2.02. The SMILES string of the molecule is C#CCN(CCC)CCCC(C)(C)N. The molecule has 0 aromatic rings. The van der Waals surface area contributed by atoms with Crippen LogP contribution in [0.2, 0.25) is 0 Å². The number of terminal acetylenes is 1. The minimum absolute atomic E-state index is 0.0476. The Bertz CT molecular complexity index is 174. The van der Waals surface area contributed by atoms with Gasteiger partial charge in [-0.3, -0.25) is 4.90 Å². The topological polar surface area (TPSA) is 29.3 Å². The Morgan fingerprint density at radius 2 is 2.00 bits per heavy atom. The van der Waals surface area contributed by atoms with Gasteiger partial charge in [0.1, 0.15) is 0 Å². The third-order valence-electron chi connectivity index (χ3n) is 2.15. The van der Waals surface area contributed by atoms with E-state index in [1.165, 1.54) is 0 Å². The summed E-state index contributed by atoms with van der Waals surface area (Å²) in [5.74, 6) is 2.69. The standard InChI is InChI=1S/C12H24N2/c1-5-9-14(10-6-2)11-7-8-12(3,4)13/h1H,6-11,13H2,2-4H3. The summed E-state index contributed by atoms with van der Waals surface area (Å²) in [6.07, 6.45) is 8.64. The molecule has 14 heavy (non-hydrogen) atoms. The van der Waals surface area contributed by atoms with E-state index in [0.29, 0.717) is 0 Å². The van der Waals surface area contributed by atoms with E-state index in [1.54, 1.807) is 0 Å². The Kier molecular flexibility index (Phi) is 6.61. The molecule has 0 bridgehead atoms. The zero-order valence-electron chi connectivity index (χ0n) is 9.84. The van der Waals surface area contributed by atoms with Crippen LogP contribution in [0, 0.1) is 12.3 Å². The van der Waals surface area contributed by atoms with Gasteiger partial charge < -0.3 is 5.73 Å². The molecular formula is C12H24N2. The molecule has 0 aromatic carbocycles. The van der Waals surface area contributed by atoms with Crippen LogP contribution in [0.3, 0.4) is 0 Å². The Morgan fingerprint density at radius 3 is 2.43 bits per heavy atom. The molecule has 2 heteroatoms. The lowest BCUT2D eigenvalue weighted by Crippen LogP contribution is -2.34. The molecule has 0 heterocycles. The smallest absolute Gasteiger partial charge is 0.0598 e. The van der Waals surface area contributed by atoms with Gasteiger partial charge in [-0.05, 0) is 46.2 Å². The van der Waals surface area contributed by atoms with Crippen molar-refractivity contribution in [2.24, 2.45) is 5.73 Å². The number of nitrogens with zero attached hydrogens (tertiary/aromatic N) is 1. The van der Waals surface area contributed by atoms with Crippen molar-refractivity contribution in [1.29, 1.82) is 0 Å². The van der Waals surface area contributed by atoms with Crippen molar-refractivity contribution in [3.63, 3.8) is 0 Å². The van der Waals surface area contributed by atoms with E-state index in [-0.39, 0.29) is 5.54 Å². The Hall–Kier alpha value is -0.520. The molecule has 0 radical (unpaired) electrons. The summed E-state index contributed by atoms with van der Waals surface area (Å²) in [4.78, 5) is 2.31. The molecule has 0 fully saturated rings. The molecule has 0 atom stereocenters. The molecule has 0 aromatic heterocycles. The number of rotatable bonds is 7. The Balaban J connectivity index is 3.66. The highest BCUT2D eigenvalue weighted by molar-refractivity contribution is 4.88. The monoisotopic (exact) mass is 196 g/mol. The van der Waals surface area contributed by atoms with Crippen LogP contribution in [0.25, 0.3) is 0 Å². The second kappa shape index (κ2) is 6.86. The summed E-state index contributed by atoms with van der Waals surface area (Å²) in [7, 11) is 0. The number of nitrogens with two attached hydrogens (primary N) is 1. The number of hydrogen-bond donors (Lipinski definition) is 1. The highest BCUT2D eigenvalue weighted by atomic mass is 15.1. The summed E-state index contributed by atoms with van der Waals surface area (Å²) < 4.78 is 0. The quantitative estimate of drug-likeness (QED) is 0.630. The second-order valence-electron chi connectivity index (χ2n) is 4.57. The van der Waals surface area contributed by atoms with Gasteiger partial charge in [-0.1, -0.05) is 12.8 Å². The normalized spacial score (nSPS) is 11.7. The molecule has 0 saturated heterocycles. The van der Waals surface area contributed by atoms with Gasteiger partial charge in [0.05, 0.1) is 6.54 Å². The largest absolute Gasteiger partial charge is 0.326 e. The highest BCUT2D eigenvalue weighted by Gasteiger charge is 2.10. The van der Waals surface area contributed by atoms with Crippen molar-refractivity contribution in [3.05, 3.63) is 0 Å². The minimum Gasteiger partial charge on any atom is -0.326 e. The van der Waals surface area contributed by atoms with Crippen LogP contribution in [-0.4, -0.2) is 30.1 Å². The zero-order chi connectivity index (χ0) is 11.0. The van der Waals surface area contributed by atoms with Crippen molar-refractivity contribution >= 4 is 0 Å². The van der Waals surface area contributed by atoms with E-state index < -0.39 is 0 Å². The fourth-order valence-corrected chi connectivity index (χ4v) is 1.47. The van der Waals surface area contributed by atoms with Gasteiger partial charge in [0.2, 0.25) is 0 Å². The summed E-state index contributed by atoms with van der Waals surface area (Å²) in [5.41, 5.74) is 5.86. The fourth-order valence-electron chi connectivity index (χ4n) is 1.47. The van der Waals surface area contributed by atoms with Gasteiger partial charge in [-0.2, -0.15) is 0 Å². The lowest BCUT2D eigenvalue weighted by Gasteiger charge is -2.22. The lowest BCUT2D eigenvalue weighted by atomic mass is 10.00. The first-order valence-electron chi connectivity index (χ1n) is 5.44. The van der Waals surface area contributed by atoms with E-state index in [4.69, 9.17) is 12.2 Å². The van der Waals surface area contributed by atoms with E-state index in [1.807, 2.05) is 0 Å². The number of hydrogen-bond acceptors (Lipinski definition) is 2. The maximum absolute atomic E-state index is 5.91. The zero-order valence-corrected chi connectivity index (χ0v) is 9.84. The fraction of sp³-hybridized carbons (Fsp3) is 0.833. The van der Waals surface area contributed by atoms with E-state index >= 15 is 0 Å². The molecule has 0 aliphatic rings. The predicted octanol–water partition coefficient (Wildman–Crippen LogP) is 1.85.